The van der Waals surface area contributed by atoms with Crippen LogP contribution in [0.15, 0.2) is 42.6 Å². The first-order valence-electron chi connectivity index (χ1n) is 7.79. The van der Waals surface area contributed by atoms with Gasteiger partial charge in [-0.2, -0.15) is 0 Å². The maximum absolute atomic E-state index is 11.8. The molecule has 136 valence electrons. The number of ether oxygens (including phenoxy) is 2. The van der Waals surface area contributed by atoms with Crippen LogP contribution < -0.4 is 20.5 Å². The fourth-order valence-corrected chi connectivity index (χ4v) is 1.97. The number of rotatable bonds is 7. The number of nitrogens with one attached hydrogen (secondary N) is 1. The van der Waals surface area contributed by atoms with Gasteiger partial charge in [0.25, 0.3) is 0 Å². The molecule has 1 heterocycles. The lowest BCUT2D eigenvalue weighted by Crippen LogP contribution is -2.43. The smallest absolute Gasteiger partial charge is 0.237 e. The van der Waals surface area contributed by atoms with Gasteiger partial charge in [-0.3, -0.25) is 4.79 Å². The van der Waals surface area contributed by atoms with Crippen molar-refractivity contribution >= 4 is 18.3 Å². The van der Waals surface area contributed by atoms with Gasteiger partial charge in [0.15, 0.2) is 0 Å². The summed E-state index contributed by atoms with van der Waals surface area (Å²) in [4.78, 5) is 16.1. The van der Waals surface area contributed by atoms with Crippen LogP contribution in [0.25, 0.3) is 0 Å². The molecule has 3 N–H and O–H groups in total. The van der Waals surface area contributed by atoms with Gasteiger partial charge in [0.1, 0.15) is 11.5 Å². The summed E-state index contributed by atoms with van der Waals surface area (Å²) in [7, 11) is 1.60. The lowest BCUT2D eigenvalue weighted by Gasteiger charge is -2.15. The number of nitrogens with two attached hydrogens (primary N) is 1. The highest BCUT2D eigenvalue weighted by molar-refractivity contribution is 5.85. The van der Waals surface area contributed by atoms with Gasteiger partial charge in [0, 0.05) is 24.9 Å². The fourth-order valence-electron chi connectivity index (χ4n) is 1.97. The molecule has 0 aliphatic rings. The van der Waals surface area contributed by atoms with Crippen molar-refractivity contribution in [2.24, 2.45) is 11.7 Å². The van der Waals surface area contributed by atoms with E-state index in [0.29, 0.717) is 23.9 Å². The van der Waals surface area contributed by atoms with Crippen LogP contribution in [-0.2, 0) is 11.3 Å². The molecule has 0 unspecified atom stereocenters. The summed E-state index contributed by atoms with van der Waals surface area (Å²) in [5, 5.41) is 2.80. The summed E-state index contributed by atoms with van der Waals surface area (Å²) < 4.78 is 10.8. The lowest BCUT2D eigenvalue weighted by atomic mass is 10.1. The van der Waals surface area contributed by atoms with E-state index in [2.05, 4.69) is 10.3 Å². The third kappa shape index (κ3) is 6.25. The van der Waals surface area contributed by atoms with Crippen molar-refractivity contribution < 1.29 is 14.3 Å². The molecule has 0 radical (unpaired) electrons. The summed E-state index contributed by atoms with van der Waals surface area (Å²) in [6, 6.07) is 10.4. The molecule has 2 aromatic rings. The quantitative estimate of drug-likeness (QED) is 0.787. The van der Waals surface area contributed by atoms with E-state index in [1.54, 1.807) is 25.4 Å². The number of carbonyl (C=O) groups is 1. The van der Waals surface area contributed by atoms with Gasteiger partial charge in [0.05, 0.1) is 13.2 Å². The Hall–Kier alpha value is -2.31. The SMILES string of the molecule is COc1cccc(Oc2ccc(CNC(=O)[C@@H](N)C(C)C)cn2)c1.Cl. The molecule has 0 saturated heterocycles. The number of pyridine rings is 1. The molecule has 1 amide bonds. The molecule has 0 aliphatic heterocycles. The Balaban J connectivity index is 0.00000312. The number of hydrogen-bond donors (Lipinski definition) is 2. The number of carbonyl (C=O) groups excluding carboxylic acids is 1. The van der Waals surface area contributed by atoms with Crippen LogP contribution in [0.5, 0.6) is 17.4 Å². The number of benzene rings is 1. The Morgan fingerprint density at radius 3 is 2.56 bits per heavy atom. The zero-order valence-corrected chi connectivity index (χ0v) is 15.4. The molecular weight excluding hydrogens is 342 g/mol. The van der Waals surface area contributed by atoms with E-state index in [-0.39, 0.29) is 24.2 Å². The molecule has 0 saturated carbocycles. The maximum atomic E-state index is 11.8. The first kappa shape index (κ1) is 20.7. The summed E-state index contributed by atoms with van der Waals surface area (Å²) in [6.45, 7) is 4.21. The Kier molecular flexibility index (Phi) is 8.18. The minimum Gasteiger partial charge on any atom is -0.497 e. The van der Waals surface area contributed by atoms with E-state index in [1.165, 1.54) is 0 Å². The number of methoxy groups -OCH3 is 1. The van der Waals surface area contributed by atoms with Crippen molar-refractivity contribution in [2.45, 2.75) is 26.4 Å². The molecule has 1 atom stereocenters. The second-order valence-electron chi connectivity index (χ2n) is 5.77. The van der Waals surface area contributed by atoms with Gasteiger partial charge in [-0.05, 0) is 23.6 Å². The van der Waals surface area contributed by atoms with E-state index < -0.39 is 6.04 Å². The van der Waals surface area contributed by atoms with Crippen molar-refractivity contribution in [2.75, 3.05) is 7.11 Å². The van der Waals surface area contributed by atoms with Crippen molar-refractivity contribution in [1.29, 1.82) is 0 Å². The second kappa shape index (κ2) is 9.86. The highest BCUT2D eigenvalue weighted by atomic mass is 35.5. The van der Waals surface area contributed by atoms with E-state index in [0.717, 1.165) is 5.56 Å². The molecule has 0 spiro atoms. The predicted molar refractivity (Wildman–Crippen MR) is 99.2 cm³/mol. The summed E-state index contributed by atoms with van der Waals surface area (Å²) >= 11 is 0. The topological polar surface area (TPSA) is 86.5 Å². The molecule has 1 aromatic heterocycles. The van der Waals surface area contributed by atoms with Crippen LogP contribution in [0.1, 0.15) is 19.4 Å². The first-order valence-corrected chi connectivity index (χ1v) is 7.79. The molecule has 0 bridgehead atoms. The largest absolute Gasteiger partial charge is 0.497 e. The number of halogens is 1. The van der Waals surface area contributed by atoms with Crippen LogP contribution in [0.2, 0.25) is 0 Å². The first-order chi connectivity index (χ1) is 11.5. The van der Waals surface area contributed by atoms with E-state index >= 15 is 0 Å². The lowest BCUT2D eigenvalue weighted by molar-refractivity contribution is -0.123. The molecule has 2 rings (SSSR count). The fraction of sp³-hybridized carbons (Fsp3) is 0.333. The van der Waals surface area contributed by atoms with E-state index in [9.17, 15) is 4.79 Å². The monoisotopic (exact) mass is 365 g/mol. The Morgan fingerprint density at radius 2 is 1.96 bits per heavy atom. The van der Waals surface area contributed by atoms with Crippen LogP contribution in [0, 0.1) is 5.92 Å². The number of hydrogen-bond acceptors (Lipinski definition) is 5. The predicted octanol–water partition coefficient (Wildman–Crippen LogP) is 2.90. The average molecular weight is 366 g/mol. The second-order valence-corrected chi connectivity index (χ2v) is 5.77. The number of aromatic nitrogens is 1. The average Bonchev–Trinajstić information content (AvgIpc) is 2.60. The van der Waals surface area contributed by atoms with Crippen molar-refractivity contribution in [3.8, 4) is 17.4 Å². The van der Waals surface area contributed by atoms with Gasteiger partial charge in [0.2, 0.25) is 11.8 Å². The normalized spacial score (nSPS) is 11.4. The standard InChI is InChI=1S/C18H23N3O3.ClH/c1-12(2)17(19)18(22)21-11-13-7-8-16(20-10-13)24-15-6-4-5-14(9-15)23-3;/h4-10,12,17H,11,19H2,1-3H3,(H,21,22);1H/t17-;/m0./s1. The highest BCUT2D eigenvalue weighted by Gasteiger charge is 2.16. The minimum atomic E-state index is -0.506. The van der Waals surface area contributed by atoms with Crippen LogP contribution in [0.3, 0.4) is 0 Å². The summed E-state index contributed by atoms with van der Waals surface area (Å²) in [5.41, 5.74) is 6.67. The Morgan fingerprint density at radius 1 is 1.24 bits per heavy atom. The van der Waals surface area contributed by atoms with Crippen LogP contribution in [-0.4, -0.2) is 24.0 Å². The van der Waals surface area contributed by atoms with Gasteiger partial charge < -0.3 is 20.5 Å². The van der Waals surface area contributed by atoms with Gasteiger partial charge in [-0.1, -0.05) is 26.0 Å². The zero-order valence-electron chi connectivity index (χ0n) is 14.6. The number of amides is 1. The number of nitrogens with zero attached hydrogens (tertiary/aromatic N) is 1. The third-order valence-electron chi connectivity index (χ3n) is 3.55. The van der Waals surface area contributed by atoms with Crippen LogP contribution in [0.4, 0.5) is 0 Å². The maximum Gasteiger partial charge on any atom is 0.237 e. The van der Waals surface area contributed by atoms with Gasteiger partial charge in [-0.15, -0.1) is 12.4 Å². The highest BCUT2D eigenvalue weighted by Crippen LogP contribution is 2.23. The molecule has 1 aromatic carbocycles. The molecule has 0 fully saturated rings. The summed E-state index contributed by atoms with van der Waals surface area (Å²) in [6.07, 6.45) is 1.66. The van der Waals surface area contributed by atoms with Crippen molar-refractivity contribution in [3.05, 3.63) is 48.2 Å². The van der Waals surface area contributed by atoms with Gasteiger partial charge >= 0.3 is 0 Å². The molecular formula is C18H24ClN3O3. The van der Waals surface area contributed by atoms with E-state index in [1.807, 2.05) is 38.1 Å². The Bertz CT molecular complexity index is 678. The van der Waals surface area contributed by atoms with Crippen molar-refractivity contribution in [1.82, 2.24) is 10.3 Å². The molecule has 25 heavy (non-hydrogen) atoms. The van der Waals surface area contributed by atoms with Crippen LogP contribution >= 0.6 is 12.4 Å². The molecule has 7 heteroatoms. The van der Waals surface area contributed by atoms with Crippen molar-refractivity contribution in [3.63, 3.8) is 0 Å². The van der Waals surface area contributed by atoms with E-state index in [4.69, 9.17) is 15.2 Å². The molecule has 0 aliphatic carbocycles. The third-order valence-corrected chi connectivity index (χ3v) is 3.55. The molecule has 6 nitrogen and oxygen atoms in total. The van der Waals surface area contributed by atoms with Gasteiger partial charge in [-0.25, -0.2) is 4.98 Å². The minimum absolute atomic E-state index is 0. The Labute approximate surface area is 154 Å². The summed E-state index contributed by atoms with van der Waals surface area (Å²) in [5.74, 6) is 1.76. The zero-order chi connectivity index (χ0) is 17.5.